The maximum atomic E-state index is 13.1. The van der Waals surface area contributed by atoms with E-state index in [2.05, 4.69) is 5.32 Å². The molecule has 0 amide bonds. The highest BCUT2D eigenvalue weighted by molar-refractivity contribution is 5.26. The predicted octanol–water partition coefficient (Wildman–Crippen LogP) is 2.04. The topological polar surface area (TPSA) is 21.3 Å². The van der Waals surface area contributed by atoms with E-state index in [1.54, 1.807) is 7.11 Å². The van der Waals surface area contributed by atoms with E-state index in [1.807, 2.05) is 20.0 Å². The van der Waals surface area contributed by atoms with Crippen molar-refractivity contribution in [2.45, 2.75) is 13.0 Å². The van der Waals surface area contributed by atoms with Crippen molar-refractivity contribution in [3.63, 3.8) is 0 Å². The van der Waals surface area contributed by atoms with Crippen molar-refractivity contribution in [2.24, 2.45) is 0 Å². The summed E-state index contributed by atoms with van der Waals surface area (Å²) in [6.07, 6.45) is 0. The van der Waals surface area contributed by atoms with Gasteiger partial charge in [0.25, 0.3) is 0 Å². The van der Waals surface area contributed by atoms with Crippen molar-refractivity contribution in [3.8, 4) is 0 Å². The summed E-state index contributed by atoms with van der Waals surface area (Å²) in [6, 6.07) is 5.06. The van der Waals surface area contributed by atoms with Crippen LogP contribution in [0, 0.1) is 12.7 Å². The number of aryl methyl sites for hydroxylation is 1. The molecule has 0 radical (unpaired) electrons. The molecule has 78 valence electrons. The van der Waals surface area contributed by atoms with E-state index < -0.39 is 0 Å². The Balaban J connectivity index is 2.91. The monoisotopic (exact) mass is 197 g/mol. The Hall–Kier alpha value is -0.930. The Bertz CT molecular complexity index is 281. The maximum Gasteiger partial charge on any atom is 0.123 e. The van der Waals surface area contributed by atoms with E-state index in [9.17, 15) is 4.39 Å². The van der Waals surface area contributed by atoms with Gasteiger partial charge in [0.15, 0.2) is 0 Å². The van der Waals surface area contributed by atoms with E-state index in [1.165, 1.54) is 12.1 Å². The van der Waals surface area contributed by atoms with Gasteiger partial charge in [-0.15, -0.1) is 0 Å². The lowest BCUT2D eigenvalue weighted by atomic mass is 10.0. The summed E-state index contributed by atoms with van der Waals surface area (Å²) >= 11 is 0. The Morgan fingerprint density at radius 2 is 2.14 bits per heavy atom. The number of nitrogens with one attached hydrogen (secondary N) is 1. The van der Waals surface area contributed by atoms with Crippen molar-refractivity contribution >= 4 is 0 Å². The van der Waals surface area contributed by atoms with Crippen molar-refractivity contribution in [1.82, 2.24) is 5.32 Å². The third-order valence-corrected chi connectivity index (χ3v) is 2.15. The lowest BCUT2D eigenvalue weighted by molar-refractivity contribution is 0.170. The Labute approximate surface area is 84.1 Å². The van der Waals surface area contributed by atoms with E-state index in [0.717, 1.165) is 11.1 Å². The van der Waals surface area contributed by atoms with Gasteiger partial charge in [0.05, 0.1) is 12.6 Å². The second-order valence-electron chi connectivity index (χ2n) is 3.36. The van der Waals surface area contributed by atoms with Crippen LogP contribution in [-0.4, -0.2) is 20.8 Å². The summed E-state index contributed by atoms with van der Waals surface area (Å²) in [6.45, 7) is 2.42. The zero-order valence-corrected chi connectivity index (χ0v) is 8.80. The number of hydrogen-bond acceptors (Lipinski definition) is 2. The second-order valence-corrected chi connectivity index (χ2v) is 3.36. The molecular formula is C11H16FNO. The number of methoxy groups -OCH3 is 1. The fraction of sp³-hybridized carbons (Fsp3) is 0.455. The van der Waals surface area contributed by atoms with E-state index in [0.29, 0.717) is 6.61 Å². The summed E-state index contributed by atoms with van der Waals surface area (Å²) < 4.78 is 18.1. The van der Waals surface area contributed by atoms with Crippen LogP contribution in [0.25, 0.3) is 0 Å². The fourth-order valence-electron chi connectivity index (χ4n) is 1.48. The van der Waals surface area contributed by atoms with Crippen molar-refractivity contribution in [1.29, 1.82) is 0 Å². The van der Waals surface area contributed by atoms with Crippen LogP contribution >= 0.6 is 0 Å². The zero-order chi connectivity index (χ0) is 10.6. The number of ether oxygens (including phenoxy) is 1. The molecule has 0 aliphatic carbocycles. The predicted molar refractivity (Wildman–Crippen MR) is 54.8 cm³/mol. The van der Waals surface area contributed by atoms with Gasteiger partial charge in [-0.25, -0.2) is 4.39 Å². The Morgan fingerprint density at radius 1 is 1.43 bits per heavy atom. The highest BCUT2D eigenvalue weighted by Gasteiger charge is 2.09. The molecule has 0 fully saturated rings. The molecule has 2 nitrogen and oxygen atoms in total. The molecule has 0 saturated carbocycles. The van der Waals surface area contributed by atoms with Crippen molar-refractivity contribution < 1.29 is 9.13 Å². The molecule has 0 spiro atoms. The molecule has 1 N–H and O–H groups in total. The first-order valence-electron chi connectivity index (χ1n) is 4.60. The van der Waals surface area contributed by atoms with Gasteiger partial charge in [-0.05, 0) is 37.2 Å². The smallest absolute Gasteiger partial charge is 0.123 e. The average molecular weight is 197 g/mol. The van der Waals surface area contributed by atoms with Gasteiger partial charge in [0.1, 0.15) is 5.82 Å². The molecule has 1 unspecified atom stereocenters. The molecule has 0 aliphatic heterocycles. The zero-order valence-electron chi connectivity index (χ0n) is 8.80. The van der Waals surface area contributed by atoms with E-state index >= 15 is 0 Å². The van der Waals surface area contributed by atoms with E-state index in [4.69, 9.17) is 4.74 Å². The average Bonchev–Trinajstić information content (AvgIpc) is 2.12. The summed E-state index contributed by atoms with van der Waals surface area (Å²) in [5.74, 6) is -0.198. The number of halogens is 1. The Morgan fingerprint density at radius 3 is 2.64 bits per heavy atom. The number of hydrogen-bond donors (Lipinski definition) is 1. The normalized spacial score (nSPS) is 12.9. The molecule has 1 aromatic rings. The molecule has 0 saturated heterocycles. The highest BCUT2D eigenvalue weighted by atomic mass is 19.1. The minimum atomic E-state index is -0.198. The van der Waals surface area contributed by atoms with Crippen LogP contribution in [0.5, 0.6) is 0 Å². The third kappa shape index (κ3) is 2.79. The van der Waals surface area contributed by atoms with Crippen LogP contribution < -0.4 is 5.32 Å². The highest BCUT2D eigenvalue weighted by Crippen LogP contribution is 2.16. The summed E-state index contributed by atoms with van der Waals surface area (Å²) in [7, 11) is 3.47. The summed E-state index contributed by atoms with van der Waals surface area (Å²) in [5.41, 5.74) is 1.85. The first-order chi connectivity index (χ1) is 6.67. The molecule has 1 atom stereocenters. The minimum Gasteiger partial charge on any atom is -0.383 e. The second kappa shape index (κ2) is 5.08. The van der Waals surface area contributed by atoms with Gasteiger partial charge in [-0.2, -0.15) is 0 Å². The Kier molecular flexibility index (Phi) is 4.04. The quantitative estimate of drug-likeness (QED) is 0.797. The molecule has 0 aliphatic rings. The third-order valence-electron chi connectivity index (χ3n) is 2.15. The van der Waals surface area contributed by atoms with Crippen LogP contribution in [0.3, 0.4) is 0 Å². The van der Waals surface area contributed by atoms with E-state index in [-0.39, 0.29) is 11.9 Å². The van der Waals surface area contributed by atoms with Gasteiger partial charge < -0.3 is 10.1 Å². The van der Waals surface area contributed by atoms with Gasteiger partial charge in [0, 0.05) is 7.11 Å². The molecule has 3 heteroatoms. The van der Waals surface area contributed by atoms with Crippen LogP contribution in [0.4, 0.5) is 4.39 Å². The summed E-state index contributed by atoms with van der Waals surface area (Å²) in [4.78, 5) is 0. The lowest BCUT2D eigenvalue weighted by Crippen LogP contribution is -2.21. The molecule has 14 heavy (non-hydrogen) atoms. The molecular weight excluding hydrogens is 181 g/mol. The SMILES string of the molecule is CNC(COC)c1cc(C)cc(F)c1. The van der Waals surface area contributed by atoms with Gasteiger partial charge in [0.2, 0.25) is 0 Å². The molecule has 1 rings (SSSR count). The van der Waals surface area contributed by atoms with Crippen LogP contribution in [0.2, 0.25) is 0 Å². The van der Waals surface area contributed by atoms with Crippen molar-refractivity contribution in [2.75, 3.05) is 20.8 Å². The minimum absolute atomic E-state index is 0.0504. The number of likely N-dealkylation sites (N-methyl/N-ethyl adjacent to an activating group) is 1. The first kappa shape index (κ1) is 11.1. The first-order valence-corrected chi connectivity index (χ1v) is 4.60. The number of benzene rings is 1. The largest absolute Gasteiger partial charge is 0.383 e. The van der Waals surface area contributed by atoms with Crippen molar-refractivity contribution in [3.05, 3.63) is 35.1 Å². The van der Waals surface area contributed by atoms with Crippen LogP contribution in [-0.2, 0) is 4.74 Å². The molecule has 0 heterocycles. The van der Waals surface area contributed by atoms with Crippen LogP contribution in [0.15, 0.2) is 18.2 Å². The van der Waals surface area contributed by atoms with Gasteiger partial charge >= 0.3 is 0 Å². The molecule has 1 aromatic carbocycles. The van der Waals surface area contributed by atoms with Crippen LogP contribution in [0.1, 0.15) is 17.2 Å². The summed E-state index contributed by atoms with van der Waals surface area (Å²) in [5, 5.41) is 3.08. The molecule has 0 aromatic heterocycles. The molecule has 0 bridgehead atoms. The van der Waals surface area contributed by atoms with Gasteiger partial charge in [-0.3, -0.25) is 0 Å². The number of rotatable bonds is 4. The fourth-order valence-corrected chi connectivity index (χ4v) is 1.48. The standard InChI is InChI=1S/C11H16FNO/c1-8-4-9(6-10(12)5-8)11(13-2)7-14-3/h4-6,11,13H,7H2,1-3H3. The lowest BCUT2D eigenvalue weighted by Gasteiger charge is -2.16. The maximum absolute atomic E-state index is 13.1. The van der Waals surface area contributed by atoms with Gasteiger partial charge in [-0.1, -0.05) is 6.07 Å².